The lowest BCUT2D eigenvalue weighted by atomic mass is 10.0. The van der Waals surface area contributed by atoms with Gasteiger partial charge in [0.2, 0.25) is 5.91 Å². The van der Waals surface area contributed by atoms with Gasteiger partial charge in [-0.25, -0.2) is 4.79 Å². The minimum Gasteiger partial charge on any atom is -0.408 e. The molecule has 0 bridgehead atoms. The molecule has 1 amide bonds. The van der Waals surface area contributed by atoms with Crippen molar-refractivity contribution in [3.8, 4) is 17.2 Å². The number of hydrogen-bond donors (Lipinski definition) is 2. The molecule has 1 unspecified atom stereocenters. The van der Waals surface area contributed by atoms with Crippen LogP contribution in [0.25, 0.3) is 22.2 Å². The smallest absolute Gasteiger partial charge is 0.408 e. The molecule has 4 aromatic rings. The Labute approximate surface area is 190 Å². The molecule has 3 N–H and O–H groups in total. The topological polar surface area (TPSA) is 119 Å². The van der Waals surface area contributed by atoms with E-state index in [2.05, 4.69) is 11.4 Å². The molecule has 0 aliphatic carbocycles. The zero-order valence-corrected chi connectivity index (χ0v) is 18.5. The summed E-state index contributed by atoms with van der Waals surface area (Å²) in [6.07, 6.45) is 4.60. The van der Waals surface area contributed by atoms with Crippen LogP contribution in [0.15, 0.2) is 70.1 Å². The van der Waals surface area contributed by atoms with Crippen molar-refractivity contribution in [2.75, 3.05) is 0 Å². The number of oxazole rings is 1. The molecule has 0 spiro atoms. The van der Waals surface area contributed by atoms with Crippen LogP contribution in [-0.4, -0.2) is 27.1 Å². The largest absolute Gasteiger partial charge is 0.419 e. The predicted molar refractivity (Wildman–Crippen MR) is 125 cm³/mol. The highest BCUT2D eigenvalue weighted by molar-refractivity contribution is 5.82. The van der Waals surface area contributed by atoms with E-state index in [4.69, 9.17) is 10.2 Å². The maximum atomic E-state index is 12.5. The number of nitrogens with zero attached hydrogens (tertiary/aromatic N) is 3. The summed E-state index contributed by atoms with van der Waals surface area (Å²) in [6.45, 7) is 0. The van der Waals surface area contributed by atoms with E-state index in [9.17, 15) is 14.9 Å². The Morgan fingerprint density at radius 1 is 1.09 bits per heavy atom. The standard InChI is InChI=1S/C25H25N5O3/c1-29-10-9-17(15-29)12-21(27)24(31)28-20(14-26)11-16-3-5-18(6-4-16)19-7-8-23-22(13-19)30(2)25(32)33-23/h3-10,13,15,20-21H,11-12,27H2,1-2H3,(H,28,31)/t20-,21?/m0/s1. The lowest BCUT2D eigenvalue weighted by Gasteiger charge is -2.16. The summed E-state index contributed by atoms with van der Waals surface area (Å²) in [4.78, 5) is 24.2. The molecule has 2 aromatic heterocycles. The SMILES string of the molecule is Cn1ccc(CC(N)C(=O)N[C@H](C#N)Cc2ccc(-c3ccc4oc(=O)n(C)c4c3)cc2)c1. The first kappa shape index (κ1) is 22.1. The maximum Gasteiger partial charge on any atom is 0.419 e. The van der Waals surface area contributed by atoms with Crippen molar-refractivity contribution in [2.45, 2.75) is 24.9 Å². The number of aryl methyl sites for hydroxylation is 2. The molecule has 0 aliphatic heterocycles. The van der Waals surface area contributed by atoms with Gasteiger partial charge in [-0.05, 0) is 46.9 Å². The number of aromatic nitrogens is 2. The summed E-state index contributed by atoms with van der Waals surface area (Å²) < 4.78 is 8.55. The van der Waals surface area contributed by atoms with Crippen molar-refractivity contribution in [3.05, 3.63) is 82.6 Å². The van der Waals surface area contributed by atoms with E-state index < -0.39 is 17.8 Å². The zero-order valence-electron chi connectivity index (χ0n) is 18.5. The predicted octanol–water partition coefficient (Wildman–Crippen LogP) is 2.26. The van der Waals surface area contributed by atoms with Crippen molar-refractivity contribution in [1.82, 2.24) is 14.5 Å². The van der Waals surface area contributed by atoms with Crippen molar-refractivity contribution in [1.29, 1.82) is 5.26 Å². The van der Waals surface area contributed by atoms with Gasteiger partial charge in [0.05, 0.1) is 17.6 Å². The van der Waals surface area contributed by atoms with Crippen LogP contribution in [0, 0.1) is 11.3 Å². The number of rotatable bonds is 7. The van der Waals surface area contributed by atoms with Crippen LogP contribution in [-0.2, 0) is 31.7 Å². The molecule has 4 rings (SSSR count). The van der Waals surface area contributed by atoms with Gasteiger partial charge in [0.15, 0.2) is 5.58 Å². The monoisotopic (exact) mass is 443 g/mol. The number of nitrogens with one attached hydrogen (secondary N) is 1. The van der Waals surface area contributed by atoms with Crippen LogP contribution < -0.4 is 16.8 Å². The highest BCUT2D eigenvalue weighted by atomic mass is 16.4. The summed E-state index contributed by atoms with van der Waals surface area (Å²) in [7, 11) is 3.58. The van der Waals surface area contributed by atoms with Gasteiger partial charge in [-0.2, -0.15) is 5.26 Å². The van der Waals surface area contributed by atoms with E-state index in [0.717, 1.165) is 27.8 Å². The molecule has 168 valence electrons. The summed E-state index contributed by atoms with van der Waals surface area (Å²) in [5, 5.41) is 12.3. The molecule has 2 atom stereocenters. The highest BCUT2D eigenvalue weighted by Gasteiger charge is 2.19. The number of fused-ring (bicyclic) bond motifs is 1. The summed E-state index contributed by atoms with van der Waals surface area (Å²) >= 11 is 0. The summed E-state index contributed by atoms with van der Waals surface area (Å²) in [5.41, 5.74) is 11.1. The van der Waals surface area contributed by atoms with Crippen molar-refractivity contribution < 1.29 is 9.21 Å². The van der Waals surface area contributed by atoms with Gasteiger partial charge >= 0.3 is 5.76 Å². The van der Waals surface area contributed by atoms with Crippen LogP contribution in [0.1, 0.15) is 11.1 Å². The Bertz CT molecular complexity index is 1390. The van der Waals surface area contributed by atoms with E-state index in [0.29, 0.717) is 18.4 Å². The fraction of sp³-hybridized carbons (Fsp3) is 0.240. The molecule has 0 saturated carbocycles. The van der Waals surface area contributed by atoms with E-state index in [-0.39, 0.29) is 5.91 Å². The number of carbonyl (C=O) groups is 1. The van der Waals surface area contributed by atoms with Gasteiger partial charge in [0, 0.05) is 32.9 Å². The summed E-state index contributed by atoms with van der Waals surface area (Å²) in [5.74, 6) is -0.744. The minimum atomic E-state index is -0.723. The van der Waals surface area contributed by atoms with E-state index in [1.54, 1.807) is 13.1 Å². The number of amides is 1. The third-order valence-corrected chi connectivity index (χ3v) is 5.68. The highest BCUT2D eigenvalue weighted by Crippen LogP contribution is 2.24. The van der Waals surface area contributed by atoms with Crippen molar-refractivity contribution >= 4 is 17.0 Å². The van der Waals surface area contributed by atoms with Gasteiger partial charge in [0.25, 0.3) is 0 Å². The average molecular weight is 444 g/mol. The number of hydrogen-bond acceptors (Lipinski definition) is 5. The van der Waals surface area contributed by atoms with Crippen LogP contribution in [0.2, 0.25) is 0 Å². The molecule has 0 radical (unpaired) electrons. The zero-order chi connectivity index (χ0) is 23.5. The Hall–Kier alpha value is -4.09. The minimum absolute atomic E-state index is 0.346. The molecule has 0 fully saturated rings. The fourth-order valence-corrected chi connectivity index (χ4v) is 3.81. The molecule has 8 heteroatoms. The second-order valence-corrected chi connectivity index (χ2v) is 8.20. The molecular formula is C25H25N5O3. The molecular weight excluding hydrogens is 418 g/mol. The van der Waals surface area contributed by atoms with Crippen LogP contribution >= 0.6 is 0 Å². The van der Waals surface area contributed by atoms with E-state index >= 15 is 0 Å². The van der Waals surface area contributed by atoms with E-state index in [1.807, 2.05) is 66.5 Å². The van der Waals surface area contributed by atoms with Crippen molar-refractivity contribution in [3.63, 3.8) is 0 Å². The number of carbonyl (C=O) groups excluding carboxylic acids is 1. The maximum absolute atomic E-state index is 12.5. The first-order valence-corrected chi connectivity index (χ1v) is 10.6. The number of benzene rings is 2. The molecule has 2 heterocycles. The molecule has 8 nitrogen and oxygen atoms in total. The van der Waals surface area contributed by atoms with Crippen LogP contribution in [0.4, 0.5) is 0 Å². The quantitative estimate of drug-likeness (QED) is 0.454. The van der Waals surface area contributed by atoms with Crippen LogP contribution in [0.5, 0.6) is 0 Å². The van der Waals surface area contributed by atoms with Gasteiger partial charge in [-0.15, -0.1) is 0 Å². The third kappa shape index (κ3) is 4.89. The number of nitriles is 1. The third-order valence-electron chi connectivity index (χ3n) is 5.68. The Morgan fingerprint density at radius 2 is 1.82 bits per heavy atom. The first-order valence-electron chi connectivity index (χ1n) is 10.6. The molecule has 2 aromatic carbocycles. The summed E-state index contributed by atoms with van der Waals surface area (Å²) in [6, 6.07) is 16.0. The Kier molecular flexibility index (Phi) is 6.16. The second kappa shape index (κ2) is 9.18. The van der Waals surface area contributed by atoms with Gasteiger partial charge < -0.3 is 20.0 Å². The second-order valence-electron chi connectivity index (χ2n) is 8.20. The van der Waals surface area contributed by atoms with Gasteiger partial charge in [-0.3, -0.25) is 9.36 Å². The number of nitrogens with two attached hydrogens (primary N) is 1. The average Bonchev–Trinajstić information content (AvgIpc) is 3.35. The molecule has 0 aliphatic rings. The van der Waals surface area contributed by atoms with Crippen molar-refractivity contribution in [2.24, 2.45) is 19.8 Å². The van der Waals surface area contributed by atoms with Gasteiger partial charge in [0.1, 0.15) is 6.04 Å². The lowest BCUT2D eigenvalue weighted by molar-refractivity contribution is -0.122. The lowest BCUT2D eigenvalue weighted by Crippen LogP contribution is -2.46. The molecule has 0 saturated heterocycles. The van der Waals surface area contributed by atoms with Gasteiger partial charge in [-0.1, -0.05) is 30.3 Å². The Morgan fingerprint density at radius 3 is 2.48 bits per heavy atom. The van der Waals surface area contributed by atoms with E-state index in [1.165, 1.54) is 4.57 Å². The van der Waals surface area contributed by atoms with Crippen LogP contribution in [0.3, 0.4) is 0 Å². The fourth-order valence-electron chi connectivity index (χ4n) is 3.81. The molecule has 33 heavy (non-hydrogen) atoms. The first-order chi connectivity index (χ1) is 15.8. The normalized spacial score (nSPS) is 12.9. The Balaban J connectivity index is 1.41.